The highest BCUT2D eigenvalue weighted by Crippen LogP contribution is 2.40. The van der Waals surface area contributed by atoms with Gasteiger partial charge in [0.15, 0.2) is 11.5 Å². The summed E-state index contributed by atoms with van der Waals surface area (Å²) in [6, 6.07) is 1.80. The Morgan fingerprint density at radius 2 is 2.06 bits per heavy atom. The molecule has 0 fully saturated rings. The van der Waals surface area contributed by atoms with Crippen LogP contribution in [-0.2, 0) is 12.8 Å². The van der Waals surface area contributed by atoms with E-state index < -0.39 is 6.10 Å². The van der Waals surface area contributed by atoms with Crippen LogP contribution in [0.5, 0.6) is 11.5 Å². The van der Waals surface area contributed by atoms with Crippen LogP contribution < -0.4 is 9.47 Å². The molecule has 100 valence electrons. The van der Waals surface area contributed by atoms with E-state index in [2.05, 4.69) is 6.92 Å². The Bertz CT molecular complexity index is 430. The number of hydrogen-bond acceptors (Lipinski definition) is 3. The third-order valence-electron chi connectivity index (χ3n) is 3.05. The summed E-state index contributed by atoms with van der Waals surface area (Å²) >= 11 is 6.30. The standard InChI is InChI=1S/C14H19ClO3/c1-3-10-11(7-9(2)16)12(15)8-13-14(10)18-6-4-5-17-13/h8-9,16H,3-7H2,1-2H3. The van der Waals surface area contributed by atoms with E-state index in [-0.39, 0.29) is 0 Å². The highest BCUT2D eigenvalue weighted by Gasteiger charge is 2.21. The summed E-state index contributed by atoms with van der Waals surface area (Å²) in [5, 5.41) is 10.2. The van der Waals surface area contributed by atoms with E-state index in [0.717, 1.165) is 35.5 Å². The zero-order valence-corrected chi connectivity index (χ0v) is 11.6. The maximum Gasteiger partial charge on any atom is 0.164 e. The second kappa shape index (κ2) is 5.81. The Kier molecular flexibility index (Phi) is 4.36. The Morgan fingerprint density at radius 3 is 2.72 bits per heavy atom. The molecule has 4 heteroatoms. The fourth-order valence-corrected chi connectivity index (χ4v) is 2.56. The Hall–Kier alpha value is -0.930. The summed E-state index contributed by atoms with van der Waals surface area (Å²) in [7, 11) is 0. The first kappa shape index (κ1) is 13.5. The van der Waals surface area contributed by atoms with E-state index in [0.29, 0.717) is 24.7 Å². The molecule has 1 aliphatic heterocycles. The molecule has 0 radical (unpaired) electrons. The number of aliphatic hydroxyl groups excluding tert-OH is 1. The van der Waals surface area contributed by atoms with E-state index in [1.54, 1.807) is 13.0 Å². The maximum atomic E-state index is 9.58. The molecule has 1 heterocycles. The summed E-state index contributed by atoms with van der Waals surface area (Å²) in [4.78, 5) is 0. The van der Waals surface area contributed by atoms with Crippen molar-refractivity contribution in [2.75, 3.05) is 13.2 Å². The van der Waals surface area contributed by atoms with Gasteiger partial charge in [0, 0.05) is 23.1 Å². The lowest BCUT2D eigenvalue weighted by Gasteiger charge is -2.18. The molecule has 2 rings (SSSR count). The number of hydrogen-bond donors (Lipinski definition) is 1. The van der Waals surface area contributed by atoms with Gasteiger partial charge in [-0.25, -0.2) is 0 Å². The molecule has 0 bridgehead atoms. The molecular weight excluding hydrogens is 252 g/mol. The highest BCUT2D eigenvalue weighted by atomic mass is 35.5. The van der Waals surface area contributed by atoms with E-state index in [9.17, 15) is 5.11 Å². The average Bonchev–Trinajstić information content (AvgIpc) is 2.54. The van der Waals surface area contributed by atoms with Gasteiger partial charge in [-0.3, -0.25) is 0 Å². The predicted octanol–water partition coefficient (Wildman–Crippen LogP) is 2.99. The van der Waals surface area contributed by atoms with E-state index >= 15 is 0 Å². The number of aliphatic hydroxyl groups is 1. The maximum absolute atomic E-state index is 9.58. The van der Waals surface area contributed by atoms with Crippen LogP contribution in [0.1, 0.15) is 31.4 Å². The first-order valence-corrected chi connectivity index (χ1v) is 6.79. The lowest BCUT2D eigenvalue weighted by molar-refractivity contribution is 0.195. The van der Waals surface area contributed by atoms with Crippen LogP contribution in [-0.4, -0.2) is 24.4 Å². The monoisotopic (exact) mass is 270 g/mol. The molecule has 0 saturated carbocycles. The number of benzene rings is 1. The molecule has 18 heavy (non-hydrogen) atoms. The third-order valence-corrected chi connectivity index (χ3v) is 3.39. The minimum atomic E-state index is -0.419. The number of rotatable bonds is 3. The molecule has 1 aromatic rings. The fraction of sp³-hybridized carbons (Fsp3) is 0.571. The SMILES string of the molecule is CCc1c(CC(C)O)c(Cl)cc2c1OCCCO2. The van der Waals surface area contributed by atoms with Crippen molar-refractivity contribution in [2.24, 2.45) is 0 Å². The normalized spacial score (nSPS) is 16.2. The quantitative estimate of drug-likeness (QED) is 0.918. The number of ether oxygens (including phenoxy) is 2. The molecule has 0 amide bonds. The lowest BCUT2D eigenvalue weighted by Crippen LogP contribution is -2.09. The molecule has 1 aromatic carbocycles. The number of halogens is 1. The van der Waals surface area contributed by atoms with Gasteiger partial charge >= 0.3 is 0 Å². The summed E-state index contributed by atoms with van der Waals surface area (Å²) < 4.78 is 11.4. The molecule has 1 aliphatic rings. The molecule has 0 saturated heterocycles. The Labute approximate surface area is 113 Å². The zero-order chi connectivity index (χ0) is 13.1. The highest BCUT2D eigenvalue weighted by molar-refractivity contribution is 6.31. The lowest BCUT2D eigenvalue weighted by atomic mass is 9.98. The van der Waals surface area contributed by atoms with Gasteiger partial charge < -0.3 is 14.6 Å². The van der Waals surface area contributed by atoms with Crippen LogP contribution in [0.3, 0.4) is 0 Å². The smallest absolute Gasteiger partial charge is 0.164 e. The summed E-state index contributed by atoms with van der Waals surface area (Å²) in [6.45, 7) is 5.14. The van der Waals surface area contributed by atoms with Gasteiger partial charge in [-0.2, -0.15) is 0 Å². The van der Waals surface area contributed by atoms with Crippen LogP contribution in [0.2, 0.25) is 5.02 Å². The number of fused-ring (bicyclic) bond motifs is 1. The van der Waals surface area contributed by atoms with Crippen LogP contribution in [0.15, 0.2) is 6.07 Å². The minimum Gasteiger partial charge on any atom is -0.489 e. The van der Waals surface area contributed by atoms with Crippen LogP contribution in [0, 0.1) is 0 Å². The van der Waals surface area contributed by atoms with Crippen LogP contribution in [0.25, 0.3) is 0 Å². The van der Waals surface area contributed by atoms with Gasteiger partial charge in [-0.15, -0.1) is 0 Å². The topological polar surface area (TPSA) is 38.7 Å². The average molecular weight is 271 g/mol. The molecule has 0 aliphatic carbocycles. The predicted molar refractivity (Wildman–Crippen MR) is 71.8 cm³/mol. The van der Waals surface area contributed by atoms with E-state index in [4.69, 9.17) is 21.1 Å². The van der Waals surface area contributed by atoms with E-state index in [1.807, 2.05) is 0 Å². The second-order valence-corrected chi connectivity index (χ2v) is 5.01. The minimum absolute atomic E-state index is 0.419. The molecule has 1 unspecified atom stereocenters. The van der Waals surface area contributed by atoms with Crippen molar-refractivity contribution in [3.8, 4) is 11.5 Å². The molecule has 3 nitrogen and oxygen atoms in total. The van der Waals surface area contributed by atoms with Crippen molar-refractivity contribution in [3.63, 3.8) is 0 Å². The summed E-state index contributed by atoms with van der Waals surface area (Å²) in [5.41, 5.74) is 2.03. The van der Waals surface area contributed by atoms with Gasteiger partial charge in [0.1, 0.15) is 0 Å². The zero-order valence-electron chi connectivity index (χ0n) is 10.8. The Balaban J connectivity index is 2.50. The van der Waals surface area contributed by atoms with Crippen molar-refractivity contribution in [3.05, 3.63) is 22.2 Å². The third kappa shape index (κ3) is 2.73. The van der Waals surface area contributed by atoms with Crippen molar-refractivity contribution in [1.29, 1.82) is 0 Å². The largest absolute Gasteiger partial charge is 0.489 e. The Morgan fingerprint density at radius 1 is 1.33 bits per heavy atom. The first-order chi connectivity index (χ1) is 8.63. The van der Waals surface area contributed by atoms with Crippen molar-refractivity contribution >= 4 is 11.6 Å². The van der Waals surface area contributed by atoms with Gasteiger partial charge in [0.05, 0.1) is 19.3 Å². The molecule has 0 aromatic heterocycles. The molecule has 1 atom stereocenters. The van der Waals surface area contributed by atoms with Gasteiger partial charge in [0.25, 0.3) is 0 Å². The van der Waals surface area contributed by atoms with Gasteiger partial charge in [-0.1, -0.05) is 18.5 Å². The van der Waals surface area contributed by atoms with E-state index in [1.165, 1.54) is 0 Å². The second-order valence-electron chi connectivity index (χ2n) is 4.60. The van der Waals surface area contributed by atoms with Crippen molar-refractivity contribution in [1.82, 2.24) is 0 Å². The van der Waals surface area contributed by atoms with Crippen LogP contribution in [0.4, 0.5) is 0 Å². The van der Waals surface area contributed by atoms with Gasteiger partial charge in [-0.05, 0) is 25.3 Å². The summed E-state index contributed by atoms with van der Waals surface area (Å²) in [5.74, 6) is 1.53. The van der Waals surface area contributed by atoms with Crippen molar-refractivity contribution < 1.29 is 14.6 Å². The molecular formula is C14H19ClO3. The van der Waals surface area contributed by atoms with Gasteiger partial charge in [0.2, 0.25) is 0 Å². The van der Waals surface area contributed by atoms with Crippen LogP contribution >= 0.6 is 11.6 Å². The molecule has 1 N–H and O–H groups in total. The molecule has 0 spiro atoms. The fourth-order valence-electron chi connectivity index (χ4n) is 2.27. The summed E-state index contributed by atoms with van der Waals surface area (Å²) in [6.07, 6.45) is 1.81. The first-order valence-electron chi connectivity index (χ1n) is 6.41. The van der Waals surface area contributed by atoms with Crippen molar-refractivity contribution in [2.45, 2.75) is 39.2 Å².